The fourth-order valence-corrected chi connectivity index (χ4v) is 3.36. The van der Waals surface area contributed by atoms with E-state index >= 15 is 0 Å². The van der Waals surface area contributed by atoms with Gasteiger partial charge in [-0.15, -0.1) is 11.3 Å². The Kier molecular flexibility index (Phi) is 5.71. The zero-order chi connectivity index (χ0) is 19.4. The van der Waals surface area contributed by atoms with Crippen molar-refractivity contribution in [3.63, 3.8) is 0 Å². The van der Waals surface area contributed by atoms with Gasteiger partial charge in [0.15, 0.2) is 11.9 Å². The number of carbonyl (C=O) groups is 2. The van der Waals surface area contributed by atoms with Gasteiger partial charge in [0, 0.05) is 11.6 Å². The minimum atomic E-state index is -0.914. The van der Waals surface area contributed by atoms with E-state index in [9.17, 15) is 9.59 Å². The molecule has 1 amide bonds. The van der Waals surface area contributed by atoms with Gasteiger partial charge in [0.05, 0.1) is 0 Å². The Morgan fingerprint density at radius 1 is 1.22 bits per heavy atom. The number of amides is 1. The summed E-state index contributed by atoms with van der Waals surface area (Å²) in [7, 11) is 0. The van der Waals surface area contributed by atoms with Crippen LogP contribution in [0.15, 0.2) is 46.3 Å². The van der Waals surface area contributed by atoms with Crippen LogP contribution in [-0.2, 0) is 9.53 Å². The third-order valence-corrected chi connectivity index (χ3v) is 4.90. The molecule has 1 unspecified atom stereocenters. The minimum Gasteiger partial charge on any atom is -0.448 e. The van der Waals surface area contributed by atoms with Gasteiger partial charge in [-0.1, -0.05) is 41.9 Å². The Bertz CT molecular complexity index is 943. The van der Waals surface area contributed by atoms with Crippen LogP contribution in [0.5, 0.6) is 0 Å². The lowest BCUT2D eigenvalue weighted by Crippen LogP contribution is -2.32. The molecule has 0 fully saturated rings. The molecule has 1 atom stereocenters. The second-order valence-corrected chi connectivity index (χ2v) is 7.06. The lowest BCUT2D eigenvalue weighted by atomic mass is 10.1. The van der Waals surface area contributed by atoms with Crippen molar-refractivity contribution in [2.24, 2.45) is 0 Å². The van der Waals surface area contributed by atoms with Crippen LogP contribution >= 0.6 is 11.3 Å². The summed E-state index contributed by atoms with van der Waals surface area (Å²) in [4.78, 5) is 25.5. The zero-order valence-electron chi connectivity index (χ0n) is 15.3. The van der Waals surface area contributed by atoms with Crippen LogP contribution in [-0.4, -0.2) is 23.1 Å². The fraction of sp³-hybridized carbons (Fsp3) is 0.250. The van der Waals surface area contributed by atoms with Crippen LogP contribution in [0.1, 0.15) is 34.3 Å². The average molecular weight is 384 g/mol. The zero-order valence-corrected chi connectivity index (χ0v) is 16.1. The monoisotopic (exact) mass is 384 g/mol. The van der Waals surface area contributed by atoms with Gasteiger partial charge in [-0.25, -0.2) is 4.79 Å². The van der Waals surface area contributed by atoms with E-state index in [1.807, 2.05) is 42.6 Å². The molecule has 0 saturated heterocycles. The van der Waals surface area contributed by atoms with Gasteiger partial charge >= 0.3 is 5.97 Å². The molecule has 140 valence electrons. The highest BCUT2D eigenvalue weighted by atomic mass is 32.1. The van der Waals surface area contributed by atoms with Gasteiger partial charge in [-0.2, -0.15) is 0 Å². The highest BCUT2D eigenvalue weighted by molar-refractivity contribution is 7.12. The predicted octanol–water partition coefficient (Wildman–Crippen LogP) is 4.59. The molecular formula is C20H20N2O4S. The van der Waals surface area contributed by atoms with Gasteiger partial charge < -0.3 is 14.6 Å². The van der Waals surface area contributed by atoms with Crippen LogP contribution < -0.4 is 5.32 Å². The van der Waals surface area contributed by atoms with Crippen molar-refractivity contribution in [3.8, 4) is 11.1 Å². The van der Waals surface area contributed by atoms with Crippen molar-refractivity contribution in [1.29, 1.82) is 0 Å². The number of anilines is 1. The SMILES string of the molecule is CCC(OC(=O)c1sccc1-c1ccc(C)cc1)C(=O)Nc1cc(C)on1. The molecule has 2 aromatic heterocycles. The maximum atomic E-state index is 12.7. The first kappa shape index (κ1) is 18.8. The summed E-state index contributed by atoms with van der Waals surface area (Å²) < 4.78 is 10.4. The van der Waals surface area contributed by atoms with Gasteiger partial charge in [-0.3, -0.25) is 4.79 Å². The molecular weight excluding hydrogens is 364 g/mol. The number of rotatable bonds is 6. The first-order chi connectivity index (χ1) is 13.0. The van der Waals surface area contributed by atoms with Gasteiger partial charge in [0.25, 0.3) is 5.91 Å². The second kappa shape index (κ2) is 8.18. The summed E-state index contributed by atoms with van der Waals surface area (Å²) in [6.07, 6.45) is -0.568. The quantitative estimate of drug-likeness (QED) is 0.629. The molecule has 3 rings (SSSR count). The highest BCUT2D eigenvalue weighted by Gasteiger charge is 2.25. The van der Waals surface area contributed by atoms with Crippen molar-refractivity contribution >= 4 is 29.0 Å². The van der Waals surface area contributed by atoms with Gasteiger partial charge in [-0.05, 0) is 37.3 Å². The molecule has 0 saturated carbocycles. The largest absolute Gasteiger partial charge is 0.448 e. The molecule has 3 aromatic rings. The topological polar surface area (TPSA) is 81.4 Å². The maximum Gasteiger partial charge on any atom is 0.349 e. The Morgan fingerprint density at radius 3 is 2.59 bits per heavy atom. The summed E-state index contributed by atoms with van der Waals surface area (Å²) in [6, 6.07) is 11.4. The fourth-order valence-electron chi connectivity index (χ4n) is 2.56. The molecule has 1 N–H and O–H groups in total. The number of ether oxygens (including phenoxy) is 1. The Morgan fingerprint density at radius 2 is 1.96 bits per heavy atom. The highest BCUT2D eigenvalue weighted by Crippen LogP contribution is 2.29. The summed E-state index contributed by atoms with van der Waals surface area (Å²) in [5.74, 6) is -0.0772. The molecule has 1 aromatic carbocycles. The number of thiophene rings is 1. The van der Waals surface area contributed by atoms with Gasteiger partial charge in [0.2, 0.25) is 0 Å². The molecule has 6 nitrogen and oxygen atoms in total. The summed E-state index contributed by atoms with van der Waals surface area (Å²) in [5.41, 5.74) is 2.88. The summed E-state index contributed by atoms with van der Waals surface area (Å²) >= 11 is 1.29. The van der Waals surface area contributed by atoms with Crippen LogP contribution in [0.2, 0.25) is 0 Å². The molecule has 0 aliphatic heterocycles. The van der Waals surface area contributed by atoms with Crippen molar-refractivity contribution in [3.05, 3.63) is 58.0 Å². The minimum absolute atomic E-state index is 0.295. The molecule has 0 radical (unpaired) electrons. The van der Waals surface area contributed by atoms with Gasteiger partial charge in [0.1, 0.15) is 10.6 Å². The third-order valence-electron chi connectivity index (χ3n) is 4.00. The molecule has 27 heavy (non-hydrogen) atoms. The predicted molar refractivity (Wildman–Crippen MR) is 104 cm³/mol. The number of esters is 1. The molecule has 0 aliphatic rings. The molecule has 0 aliphatic carbocycles. The van der Waals surface area contributed by atoms with E-state index in [4.69, 9.17) is 9.26 Å². The van der Waals surface area contributed by atoms with E-state index in [1.165, 1.54) is 11.3 Å². The summed E-state index contributed by atoms with van der Waals surface area (Å²) in [6.45, 7) is 5.51. The Labute approximate surface area is 161 Å². The molecule has 2 heterocycles. The van der Waals surface area contributed by atoms with E-state index < -0.39 is 18.0 Å². The lowest BCUT2D eigenvalue weighted by molar-refractivity contribution is -0.124. The standard InChI is InChI=1S/C20H20N2O4S/c1-4-16(19(23)21-17-11-13(3)26-22-17)25-20(24)18-15(9-10-27-18)14-7-5-12(2)6-8-14/h5-11,16H,4H2,1-3H3,(H,21,22,23). The second-order valence-electron chi connectivity index (χ2n) is 6.14. The van der Waals surface area contributed by atoms with Crippen LogP contribution in [0, 0.1) is 13.8 Å². The number of benzene rings is 1. The van der Waals surface area contributed by atoms with Crippen molar-refractivity contribution < 1.29 is 18.8 Å². The van der Waals surface area contributed by atoms with Crippen LogP contribution in [0.4, 0.5) is 5.82 Å². The first-order valence-electron chi connectivity index (χ1n) is 8.57. The van der Waals surface area contributed by atoms with E-state index in [2.05, 4.69) is 10.5 Å². The van der Waals surface area contributed by atoms with Crippen molar-refractivity contribution in [2.75, 3.05) is 5.32 Å². The number of nitrogens with zero attached hydrogens (tertiary/aromatic N) is 1. The number of hydrogen-bond acceptors (Lipinski definition) is 6. The van der Waals surface area contributed by atoms with E-state index in [-0.39, 0.29) is 0 Å². The number of carbonyl (C=O) groups excluding carboxylic acids is 2. The molecule has 0 spiro atoms. The normalized spacial score (nSPS) is 11.8. The summed E-state index contributed by atoms with van der Waals surface area (Å²) in [5, 5.41) is 8.15. The van der Waals surface area contributed by atoms with E-state index in [0.29, 0.717) is 22.9 Å². The average Bonchev–Trinajstić information content (AvgIpc) is 3.29. The first-order valence-corrected chi connectivity index (χ1v) is 9.45. The smallest absolute Gasteiger partial charge is 0.349 e. The lowest BCUT2D eigenvalue weighted by Gasteiger charge is -2.15. The van der Waals surface area contributed by atoms with E-state index in [0.717, 1.165) is 16.7 Å². The maximum absolute atomic E-state index is 12.7. The number of hydrogen-bond donors (Lipinski definition) is 1. The molecule has 7 heteroatoms. The third kappa shape index (κ3) is 4.43. The van der Waals surface area contributed by atoms with Crippen molar-refractivity contribution in [1.82, 2.24) is 5.16 Å². The van der Waals surface area contributed by atoms with Crippen LogP contribution in [0.25, 0.3) is 11.1 Å². The number of aryl methyl sites for hydroxylation is 2. The Balaban J connectivity index is 1.73. The number of aromatic nitrogens is 1. The van der Waals surface area contributed by atoms with Crippen LogP contribution in [0.3, 0.4) is 0 Å². The Hall–Kier alpha value is -2.93. The van der Waals surface area contributed by atoms with Crippen molar-refractivity contribution in [2.45, 2.75) is 33.3 Å². The number of nitrogens with one attached hydrogen (secondary N) is 1. The van der Waals surface area contributed by atoms with E-state index in [1.54, 1.807) is 19.9 Å². The molecule has 0 bridgehead atoms.